The molecule has 0 radical (unpaired) electrons. The molecule has 1 heterocycles. The van der Waals surface area contributed by atoms with Crippen LogP contribution in [0.4, 0.5) is 14.5 Å². The van der Waals surface area contributed by atoms with Crippen LogP contribution in [-0.2, 0) is 0 Å². The van der Waals surface area contributed by atoms with Gasteiger partial charge in [-0.15, -0.1) is 0 Å². The molecule has 76 valence electrons. The lowest BCUT2D eigenvalue weighted by atomic mass is 10.3. The highest BCUT2D eigenvalue weighted by molar-refractivity contribution is 14.1. The molecular formula is C6H2F2I2N2O2. The maximum atomic E-state index is 12.2. The quantitative estimate of drug-likeness (QED) is 0.316. The summed E-state index contributed by atoms with van der Waals surface area (Å²) in [7, 11) is 0. The van der Waals surface area contributed by atoms with Gasteiger partial charge in [-0.1, -0.05) is 0 Å². The number of hydrogen-bond acceptors (Lipinski definition) is 3. The van der Waals surface area contributed by atoms with E-state index in [1.807, 2.05) is 0 Å². The molecule has 0 saturated heterocycles. The minimum atomic E-state index is -2.71. The average molecular weight is 426 g/mol. The lowest BCUT2D eigenvalue weighted by molar-refractivity contribution is -0.387. The summed E-state index contributed by atoms with van der Waals surface area (Å²) in [5.41, 5.74) is -0.667. The highest BCUT2D eigenvalue weighted by atomic mass is 127. The van der Waals surface area contributed by atoms with Crippen LogP contribution < -0.4 is 0 Å². The summed E-state index contributed by atoms with van der Waals surface area (Å²) in [4.78, 5) is 13.3. The first kappa shape index (κ1) is 11.9. The summed E-state index contributed by atoms with van der Waals surface area (Å²) < 4.78 is 24.6. The molecule has 0 atom stereocenters. The zero-order valence-electron chi connectivity index (χ0n) is 6.38. The molecule has 0 aliphatic carbocycles. The lowest BCUT2D eigenvalue weighted by Crippen LogP contribution is -2.01. The van der Waals surface area contributed by atoms with Gasteiger partial charge in [0, 0.05) is 0 Å². The standard InChI is InChI=1S/C6H2F2I2N2O2/c7-5(8)3-1-2(9)4(12(13)14)6(10)11-3/h1,5H. The second-order valence-corrected chi connectivity index (χ2v) is 4.41. The zero-order valence-corrected chi connectivity index (χ0v) is 10.7. The van der Waals surface area contributed by atoms with Gasteiger partial charge in [-0.3, -0.25) is 10.1 Å². The minimum Gasteiger partial charge on any atom is -0.258 e. The molecule has 0 aromatic carbocycles. The molecule has 14 heavy (non-hydrogen) atoms. The van der Waals surface area contributed by atoms with Crippen LogP contribution >= 0.6 is 45.2 Å². The van der Waals surface area contributed by atoms with Crippen LogP contribution in [0.3, 0.4) is 0 Å². The fourth-order valence-corrected chi connectivity index (χ4v) is 2.82. The fourth-order valence-electron chi connectivity index (χ4n) is 0.770. The summed E-state index contributed by atoms with van der Waals surface area (Å²) in [6.45, 7) is 0. The fraction of sp³-hybridized carbons (Fsp3) is 0.167. The van der Waals surface area contributed by atoms with E-state index in [9.17, 15) is 18.9 Å². The van der Waals surface area contributed by atoms with Crippen LogP contribution in [-0.4, -0.2) is 9.91 Å². The Labute approximate surface area is 105 Å². The summed E-state index contributed by atoms with van der Waals surface area (Å²) >= 11 is 3.21. The van der Waals surface area contributed by atoms with Gasteiger partial charge in [-0.2, -0.15) is 0 Å². The summed E-state index contributed by atoms with van der Waals surface area (Å²) in [5.74, 6) is 0. The van der Waals surface area contributed by atoms with Crippen LogP contribution in [0.5, 0.6) is 0 Å². The number of hydrogen-bond donors (Lipinski definition) is 0. The van der Waals surface area contributed by atoms with Gasteiger partial charge in [0.25, 0.3) is 6.43 Å². The second-order valence-electron chi connectivity index (χ2n) is 2.23. The maximum Gasteiger partial charge on any atom is 0.314 e. The Hall–Kier alpha value is -0.130. The maximum absolute atomic E-state index is 12.2. The van der Waals surface area contributed by atoms with Gasteiger partial charge >= 0.3 is 5.69 Å². The predicted molar refractivity (Wildman–Crippen MR) is 61.3 cm³/mol. The molecule has 4 nitrogen and oxygen atoms in total. The Morgan fingerprint density at radius 3 is 2.43 bits per heavy atom. The molecule has 0 fully saturated rings. The first-order valence-electron chi connectivity index (χ1n) is 3.22. The molecule has 0 unspecified atom stereocenters. The summed E-state index contributed by atoms with van der Waals surface area (Å²) in [6, 6.07) is 1.02. The van der Waals surface area contributed by atoms with Crippen molar-refractivity contribution in [2.45, 2.75) is 6.43 Å². The molecule has 1 aromatic rings. The topological polar surface area (TPSA) is 56.0 Å². The number of nitrogens with zero attached hydrogens (tertiary/aromatic N) is 2. The van der Waals surface area contributed by atoms with Crippen molar-refractivity contribution in [3.05, 3.63) is 29.1 Å². The largest absolute Gasteiger partial charge is 0.314 e. The Morgan fingerprint density at radius 2 is 2.07 bits per heavy atom. The van der Waals surface area contributed by atoms with Crippen molar-refractivity contribution in [1.82, 2.24) is 4.98 Å². The first-order valence-corrected chi connectivity index (χ1v) is 5.37. The Morgan fingerprint density at radius 1 is 1.50 bits per heavy atom. The number of pyridine rings is 1. The van der Waals surface area contributed by atoms with Gasteiger partial charge in [0.05, 0.1) is 8.49 Å². The highest BCUT2D eigenvalue weighted by Gasteiger charge is 2.22. The van der Waals surface area contributed by atoms with Crippen LogP contribution in [0.2, 0.25) is 0 Å². The van der Waals surface area contributed by atoms with E-state index >= 15 is 0 Å². The van der Waals surface area contributed by atoms with Gasteiger partial charge in [0.15, 0.2) is 3.70 Å². The molecule has 0 N–H and O–H groups in total. The Kier molecular flexibility index (Phi) is 3.92. The minimum absolute atomic E-state index is 0.0187. The van der Waals surface area contributed by atoms with Crippen molar-refractivity contribution in [2.24, 2.45) is 0 Å². The summed E-state index contributed by atoms with van der Waals surface area (Å²) in [6.07, 6.45) is -2.71. The van der Waals surface area contributed by atoms with Crippen molar-refractivity contribution < 1.29 is 13.7 Å². The number of alkyl halides is 2. The van der Waals surface area contributed by atoms with Crippen molar-refractivity contribution >= 4 is 50.9 Å². The van der Waals surface area contributed by atoms with Crippen molar-refractivity contribution in [2.75, 3.05) is 0 Å². The van der Waals surface area contributed by atoms with E-state index < -0.39 is 17.0 Å². The highest BCUT2D eigenvalue weighted by Crippen LogP contribution is 2.29. The molecule has 1 aromatic heterocycles. The number of aromatic nitrogens is 1. The molecule has 1 rings (SSSR count). The third-order valence-electron chi connectivity index (χ3n) is 1.33. The van der Waals surface area contributed by atoms with E-state index in [2.05, 4.69) is 4.98 Å². The summed E-state index contributed by atoms with van der Waals surface area (Å²) in [5, 5.41) is 10.5. The van der Waals surface area contributed by atoms with Gasteiger partial charge in [-0.05, 0) is 51.2 Å². The van der Waals surface area contributed by atoms with E-state index in [-0.39, 0.29) is 13.0 Å². The smallest absolute Gasteiger partial charge is 0.258 e. The van der Waals surface area contributed by atoms with Gasteiger partial charge < -0.3 is 0 Å². The molecule has 0 bridgehead atoms. The molecule has 8 heteroatoms. The van der Waals surface area contributed by atoms with Gasteiger partial charge in [-0.25, -0.2) is 13.8 Å². The van der Waals surface area contributed by atoms with Crippen molar-refractivity contribution in [1.29, 1.82) is 0 Å². The SMILES string of the molecule is O=[N+]([O-])c1c(I)cc(C(F)F)nc1I. The van der Waals surface area contributed by atoms with Gasteiger partial charge in [0.1, 0.15) is 5.69 Å². The molecule has 0 spiro atoms. The van der Waals surface area contributed by atoms with E-state index in [0.29, 0.717) is 0 Å². The Balaban J connectivity index is 3.32. The first-order chi connectivity index (χ1) is 6.43. The lowest BCUT2D eigenvalue weighted by Gasteiger charge is -2.02. The normalized spacial score (nSPS) is 10.6. The van der Waals surface area contributed by atoms with Crippen LogP contribution in [0.1, 0.15) is 12.1 Å². The van der Waals surface area contributed by atoms with Gasteiger partial charge in [0.2, 0.25) is 0 Å². The van der Waals surface area contributed by atoms with Crippen molar-refractivity contribution in [3.8, 4) is 0 Å². The Bertz CT molecular complexity index is 363. The zero-order chi connectivity index (χ0) is 10.9. The number of rotatable bonds is 2. The van der Waals surface area contributed by atoms with E-state index in [4.69, 9.17) is 0 Å². The number of nitro groups is 1. The van der Waals surface area contributed by atoms with E-state index in [1.165, 1.54) is 0 Å². The van der Waals surface area contributed by atoms with Crippen LogP contribution in [0.15, 0.2) is 6.07 Å². The number of halogens is 4. The molecule has 0 aliphatic rings. The molecule has 0 saturated carbocycles. The average Bonchev–Trinajstić information content (AvgIpc) is 2.01. The second kappa shape index (κ2) is 4.59. The van der Waals surface area contributed by atoms with Crippen molar-refractivity contribution in [3.63, 3.8) is 0 Å². The third-order valence-corrected chi connectivity index (χ3v) is 2.90. The molecule has 0 aliphatic heterocycles. The molecule has 0 amide bonds. The van der Waals surface area contributed by atoms with Crippen LogP contribution in [0, 0.1) is 17.4 Å². The van der Waals surface area contributed by atoms with Crippen LogP contribution in [0.25, 0.3) is 0 Å². The van der Waals surface area contributed by atoms with E-state index in [0.717, 1.165) is 6.07 Å². The predicted octanol–water partition coefficient (Wildman–Crippen LogP) is 3.14. The molecular weight excluding hydrogens is 424 g/mol. The van der Waals surface area contributed by atoms with E-state index in [1.54, 1.807) is 45.2 Å². The monoisotopic (exact) mass is 426 g/mol. The third kappa shape index (κ3) is 2.46.